The fourth-order valence-electron chi connectivity index (χ4n) is 4.82. The molecule has 1 aromatic carbocycles. The van der Waals surface area contributed by atoms with E-state index >= 15 is 0 Å². The van der Waals surface area contributed by atoms with Crippen molar-refractivity contribution in [3.63, 3.8) is 0 Å². The third-order valence-electron chi connectivity index (χ3n) is 6.33. The van der Waals surface area contributed by atoms with Crippen molar-refractivity contribution in [2.24, 2.45) is 17.6 Å². The Balaban J connectivity index is 1.35. The van der Waals surface area contributed by atoms with Crippen LogP contribution in [0.5, 0.6) is 6.01 Å². The van der Waals surface area contributed by atoms with Crippen LogP contribution in [0, 0.1) is 18.8 Å². The van der Waals surface area contributed by atoms with Crippen LogP contribution in [-0.2, 0) is 6.42 Å². The van der Waals surface area contributed by atoms with Crippen molar-refractivity contribution in [3.05, 3.63) is 52.8 Å². The smallest absolute Gasteiger partial charge is 0.317 e. The predicted octanol–water partition coefficient (Wildman–Crippen LogP) is 1.53. The predicted molar refractivity (Wildman–Crippen MR) is 116 cm³/mol. The summed E-state index contributed by atoms with van der Waals surface area (Å²) in [5, 5.41) is 0. The highest BCUT2D eigenvalue weighted by atomic mass is 16.5. The average Bonchev–Trinajstić information content (AvgIpc) is 3.32. The first-order valence-corrected chi connectivity index (χ1v) is 10.7. The van der Waals surface area contributed by atoms with E-state index < -0.39 is 5.91 Å². The van der Waals surface area contributed by atoms with E-state index in [0.29, 0.717) is 30.6 Å². The van der Waals surface area contributed by atoms with Gasteiger partial charge in [-0.05, 0) is 43.7 Å². The van der Waals surface area contributed by atoms with E-state index in [1.807, 2.05) is 11.0 Å². The van der Waals surface area contributed by atoms with Crippen LogP contribution in [0.3, 0.4) is 0 Å². The maximum absolute atomic E-state index is 13.2. The maximum Gasteiger partial charge on any atom is 0.317 e. The number of nitrogens with two attached hydrogens (primary N) is 1. The number of carbonyl (C=O) groups is 2. The SMILES string of the molecule is COc1nc(C)c(C(=O)N2CC3CN(CCCc4ccccc4)C[C@H]3C2)c(C(N)=O)n1. The number of rotatable bonds is 7. The van der Waals surface area contributed by atoms with Gasteiger partial charge in [-0.2, -0.15) is 9.97 Å². The van der Waals surface area contributed by atoms with E-state index in [9.17, 15) is 9.59 Å². The summed E-state index contributed by atoms with van der Waals surface area (Å²) in [5.41, 5.74) is 7.38. The molecule has 0 saturated carbocycles. The molecular weight excluding hydrogens is 394 g/mol. The van der Waals surface area contributed by atoms with Crippen molar-refractivity contribution in [2.45, 2.75) is 19.8 Å². The van der Waals surface area contributed by atoms with Crippen LogP contribution in [0.4, 0.5) is 0 Å². The molecule has 2 atom stereocenters. The second kappa shape index (κ2) is 9.01. The van der Waals surface area contributed by atoms with Gasteiger partial charge in [0.2, 0.25) is 0 Å². The van der Waals surface area contributed by atoms with Crippen LogP contribution in [0.2, 0.25) is 0 Å². The number of nitrogens with zero attached hydrogens (tertiary/aromatic N) is 4. The van der Waals surface area contributed by atoms with Gasteiger partial charge in [-0.3, -0.25) is 9.59 Å². The molecule has 8 nitrogen and oxygen atoms in total. The summed E-state index contributed by atoms with van der Waals surface area (Å²) < 4.78 is 5.02. The quantitative estimate of drug-likeness (QED) is 0.725. The summed E-state index contributed by atoms with van der Waals surface area (Å²) in [4.78, 5) is 37.6. The summed E-state index contributed by atoms with van der Waals surface area (Å²) in [7, 11) is 1.41. The monoisotopic (exact) mass is 423 g/mol. The van der Waals surface area contributed by atoms with E-state index in [1.54, 1.807) is 6.92 Å². The summed E-state index contributed by atoms with van der Waals surface area (Å²) in [5.74, 6) is -0.0653. The highest BCUT2D eigenvalue weighted by Crippen LogP contribution is 2.32. The lowest BCUT2D eigenvalue weighted by Crippen LogP contribution is -2.35. The third kappa shape index (κ3) is 4.54. The number of carbonyl (C=O) groups excluding carboxylic acids is 2. The first-order valence-electron chi connectivity index (χ1n) is 10.7. The number of aromatic nitrogens is 2. The lowest BCUT2D eigenvalue weighted by atomic mass is 10.0. The molecule has 31 heavy (non-hydrogen) atoms. The zero-order valence-corrected chi connectivity index (χ0v) is 18.1. The molecule has 2 aliphatic heterocycles. The Morgan fingerprint density at radius 1 is 1.10 bits per heavy atom. The van der Waals surface area contributed by atoms with Crippen molar-refractivity contribution in [2.75, 3.05) is 39.8 Å². The lowest BCUT2D eigenvalue weighted by Gasteiger charge is -2.22. The molecular formula is C23H29N5O3. The Bertz CT molecular complexity index is 951. The number of ether oxygens (including phenoxy) is 1. The maximum atomic E-state index is 13.2. The van der Waals surface area contributed by atoms with Crippen molar-refractivity contribution in [1.82, 2.24) is 19.8 Å². The highest BCUT2D eigenvalue weighted by Gasteiger charge is 2.42. The fraction of sp³-hybridized carbons (Fsp3) is 0.478. The molecule has 0 spiro atoms. The normalized spacial score (nSPS) is 20.6. The van der Waals surface area contributed by atoms with Crippen LogP contribution in [0.1, 0.15) is 38.5 Å². The van der Waals surface area contributed by atoms with Crippen LogP contribution in [0.25, 0.3) is 0 Å². The average molecular weight is 424 g/mol. The largest absolute Gasteiger partial charge is 0.467 e. The Hall–Kier alpha value is -3.00. The van der Waals surface area contributed by atoms with Gasteiger partial charge in [-0.25, -0.2) is 0 Å². The number of primary amides is 1. The molecule has 1 aromatic heterocycles. The molecule has 2 amide bonds. The molecule has 2 aliphatic rings. The van der Waals surface area contributed by atoms with E-state index in [-0.39, 0.29) is 23.2 Å². The minimum atomic E-state index is -0.754. The van der Waals surface area contributed by atoms with Gasteiger partial charge in [-0.15, -0.1) is 0 Å². The summed E-state index contributed by atoms with van der Waals surface area (Å²) in [6, 6.07) is 10.6. The minimum Gasteiger partial charge on any atom is -0.467 e. The standard InChI is InChI=1S/C23H29N5O3/c1-15-19(20(21(24)29)26-23(25-15)31-2)22(30)28-13-17-11-27(12-18(17)14-28)10-6-9-16-7-4-3-5-8-16/h3-5,7-8,17-18H,6,9-14H2,1-2H3,(H2,24,29)/t17-,18?/m0/s1. The van der Waals surface area contributed by atoms with Crippen molar-refractivity contribution in [3.8, 4) is 6.01 Å². The highest BCUT2D eigenvalue weighted by molar-refractivity contribution is 6.06. The van der Waals surface area contributed by atoms with Crippen molar-refractivity contribution >= 4 is 11.8 Å². The zero-order valence-electron chi connectivity index (χ0n) is 18.1. The molecule has 2 fully saturated rings. The molecule has 0 aliphatic carbocycles. The first-order chi connectivity index (χ1) is 15.0. The van der Waals surface area contributed by atoms with Crippen LogP contribution in [0.15, 0.2) is 30.3 Å². The van der Waals surface area contributed by atoms with Crippen molar-refractivity contribution < 1.29 is 14.3 Å². The number of amides is 2. The number of methoxy groups -OCH3 is 1. The van der Waals surface area contributed by atoms with E-state index in [0.717, 1.165) is 32.5 Å². The second-order valence-electron chi connectivity index (χ2n) is 8.46. The number of hydrogen-bond donors (Lipinski definition) is 1. The van der Waals surface area contributed by atoms with E-state index in [4.69, 9.17) is 10.5 Å². The van der Waals surface area contributed by atoms with Gasteiger partial charge in [0.15, 0.2) is 0 Å². The number of likely N-dealkylation sites (tertiary alicyclic amines) is 2. The molecule has 164 valence electrons. The molecule has 8 heteroatoms. The molecule has 4 rings (SSSR count). The van der Waals surface area contributed by atoms with Crippen molar-refractivity contribution in [1.29, 1.82) is 0 Å². The van der Waals surface area contributed by atoms with Gasteiger partial charge in [0.25, 0.3) is 11.8 Å². The zero-order chi connectivity index (χ0) is 22.0. The number of aryl methyl sites for hydroxylation is 2. The topological polar surface area (TPSA) is 102 Å². The van der Waals surface area contributed by atoms with Crippen LogP contribution >= 0.6 is 0 Å². The minimum absolute atomic E-state index is 0.0345. The summed E-state index contributed by atoms with van der Waals surface area (Å²) in [6.07, 6.45) is 2.22. The Labute approximate surface area is 182 Å². The number of fused-ring (bicyclic) bond motifs is 1. The molecule has 2 N–H and O–H groups in total. The Morgan fingerprint density at radius 3 is 2.39 bits per heavy atom. The number of hydrogen-bond acceptors (Lipinski definition) is 6. The van der Waals surface area contributed by atoms with Gasteiger partial charge >= 0.3 is 6.01 Å². The molecule has 2 saturated heterocycles. The van der Waals surface area contributed by atoms with Gasteiger partial charge in [0, 0.05) is 26.2 Å². The molecule has 3 heterocycles. The Morgan fingerprint density at radius 2 is 1.77 bits per heavy atom. The van der Waals surface area contributed by atoms with Gasteiger partial charge in [-0.1, -0.05) is 30.3 Å². The fourth-order valence-corrected chi connectivity index (χ4v) is 4.82. The molecule has 0 bridgehead atoms. The van der Waals surface area contributed by atoms with E-state index in [1.165, 1.54) is 12.7 Å². The van der Waals surface area contributed by atoms with Gasteiger partial charge < -0.3 is 20.3 Å². The van der Waals surface area contributed by atoms with Crippen LogP contribution < -0.4 is 10.5 Å². The number of benzene rings is 1. The first kappa shape index (κ1) is 21.2. The summed E-state index contributed by atoms with van der Waals surface area (Å²) in [6.45, 7) is 6.13. The van der Waals surface area contributed by atoms with Gasteiger partial charge in [0.05, 0.1) is 18.4 Å². The third-order valence-corrected chi connectivity index (χ3v) is 6.33. The molecule has 1 unspecified atom stereocenters. The van der Waals surface area contributed by atoms with E-state index in [2.05, 4.69) is 39.1 Å². The van der Waals surface area contributed by atoms with Gasteiger partial charge in [0.1, 0.15) is 5.69 Å². The van der Waals surface area contributed by atoms with Crippen LogP contribution in [-0.4, -0.2) is 71.4 Å². The second-order valence-corrected chi connectivity index (χ2v) is 8.46. The summed E-state index contributed by atoms with van der Waals surface area (Å²) >= 11 is 0. The molecule has 2 aromatic rings. The molecule has 0 radical (unpaired) electrons. The Kier molecular flexibility index (Phi) is 6.18. The lowest BCUT2D eigenvalue weighted by molar-refractivity contribution is 0.0765.